The van der Waals surface area contributed by atoms with Crippen molar-refractivity contribution in [2.75, 3.05) is 19.3 Å². The first-order valence-electron chi connectivity index (χ1n) is 5.37. The van der Waals surface area contributed by atoms with Crippen LogP contribution < -0.4 is 5.73 Å². The maximum absolute atomic E-state index is 12.0. The highest BCUT2D eigenvalue weighted by atomic mass is 35.5. The van der Waals surface area contributed by atoms with E-state index in [0.717, 1.165) is 19.4 Å². The van der Waals surface area contributed by atoms with E-state index in [4.69, 9.17) is 17.3 Å². The van der Waals surface area contributed by atoms with E-state index in [0.29, 0.717) is 16.3 Å². The molecule has 0 bridgehead atoms. The monoisotopic (exact) mass is 240 g/mol. The summed E-state index contributed by atoms with van der Waals surface area (Å²) in [5.41, 5.74) is 6.61. The summed E-state index contributed by atoms with van der Waals surface area (Å²) in [5, 5.41) is 0.426. The molecule has 1 aromatic rings. The van der Waals surface area contributed by atoms with E-state index in [1.807, 2.05) is 0 Å². The van der Waals surface area contributed by atoms with E-state index >= 15 is 0 Å². The first-order valence-corrected chi connectivity index (χ1v) is 5.75. The molecule has 1 rings (SSSR count). The highest BCUT2D eigenvalue weighted by molar-refractivity contribution is 6.33. The number of nitrogens with zero attached hydrogens (tertiary/aromatic N) is 1. The lowest BCUT2D eigenvalue weighted by Gasteiger charge is -2.18. The topological polar surface area (TPSA) is 46.3 Å². The van der Waals surface area contributed by atoms with Crippen molar-refractivity contribution in [1.82, 2.24) is 4.90 Å². The van der Waals surface area contributed by atoms with Crippen molar-refractivity contribution < 1.29 is 4.79 Å². The van der Waals surface area contributed by atoms with E-state index in [2.05, 4.69) is 6.92 Å². The molecule has 0 aliphatic rings. The molecule has 0 fully saturated rings. The number of para-hydroxylation sites is 1. The molecular formula is C12H17ClN2O. The Bertz CT molecular complexity index is 379. The van der Waals surface area contributed by atoms with Crippen LogP contribution in [-0.4, -0.2) is 24.4 Å². The molecule has 0 aliphatic heterocycles. The molecule has 0 aromatic heterocycles. The first kappa shape index (κ1) is 12.8. The fourth-order valence-corrected chi connectivity index (χ4v) is 1.60. The summed E-state index contributed by atoms with van der Waals surface area (Å²) in [4.78, 5) is 13.7. The van der Waals surface area contributed by atoms with Gasteiger partial charge in [0.15, 0.2) is 0 Å². The van der Waals surface area contributed by atoms with Gasteiger partial charge in [0.2, 0.25) is 0 Å². The minimum atomic E-state index is -0.0755. The standard InChI is InChI=1S/C12H17ClN2O/c1-3-4-8-15(2)12(16)9-6-5-7-10(13)11(9)14/h5-7H,3-4,8,14H2,1-2H3. The average Bonchev–Trinajstić information content (AvgIpc) is 2.28. The summed E-state index contributed by atoms with van der Waals surface area (Å²) >= 11 is 5.87. The van der Waals surface area contributed by atoms with E-state index < -0.39 is 0 Å². The molecule has 0 saturated carbocycles. The normalized spacial score (nSPS) is 10.2. The molecule has 0 aliphatic carbocycles. The average molecular weight is 241 g/mol. The minimum absolute atomic E-state index is 0.0755. The van der Waals surface area contributed by atoms with E-state index in [-0.39, 0.29) is 5.91 Å². The number of halogens is 1. The van der Waals surface area contributed by atoms with Crippen molar-refractivity contribution in [3.8, 4) is 0 Å². The van der Waals surface area contributed by atoms with Crippen LogP contribution in [0.5, 0.6) is 0 Å². The Kier molecular flexibility index (Phi) is 4.62. The van der Waals surface area contributed by atoms with Gasteiger partial charge in [-0.25, -0.2) is 0 Å². The number of carbonyl (C=O) groups excluding carboxylic acids is 1. The van der Waals surface area contributed by atoms with E-state index in [1.165, 1.54) is 0 Å². The van der Waals surface area contributed by atoms with Crippen molar-refractivity contribution >= 4 is 23.2 Å². The third kappa shape index (κ3) is 2.89. The zero-order valence-corrected chi connectivity index (χ0v) is 10.4. The highest BCUT2D eigenvalue weighted by Crippen LogP contribution is 2.23. The van der Waals surface area contributed by atoms with Crippen molar-refractivity contribution in [1.29, 1.82) is 0 Å². The second-order valence-electron chi connectivity index (χ2n) is 3.78. The van der Waals surface area contributed by atoms with E-state index in [9.17, 15) is 4.79 Å². The molecule has 0 unspecified atom stereocenters. The summed E-state index contributed by atoms with van der Waals surface area (Å²) in [7, 11) is 1.78. The van der Waals surface area contributed by atoms with Crippen molar-refractivity contribution in [2.45, 2.75) is 19.8 Å². The molecule has 0 radical (unpaired) electrons. The third-order valence-electron chi connectivity index (χ3n) is 2.48. The maximum atomic E-state index is 12.0. The smallest absolute Gasteiger partial charge is 0.255 e. The number of hydrogen-bond donors (Lipinski definition) is 1. The fourth-order valence-electron chi connectivity index (χ4n) is 1.43. The number of nitrogens with two attached hydrogens (primary N) is 1. The zero-order chi connectivity index (χ0) is 12.1. The highest BCUT2D eigenvalue weighted by Gasteiger charge is 2.15. The molecule has 1 aromatic carbocycles. The van der Waals surface area contributed by atoms with Gasteiger partial charge in [-0.1, -0.05) is 31.0 Å². The lowest BCUT2D eigenvalue weighted by atomic mass is 10.1. The Hall–Kier alpha value is -1.22. The van der Waals surface area contributed by atoms with Crippen LogP contribution in [0.3, 0.4) is 0 Å². The molecule has 0 saturated heterocycles. The summed E-state index contributed by atoms with van der Waals surface area (Å²) in [5.74, 6) is -0.0755. The number of rotatable bonds is 4. The van der Waals surface area contributed by atoms with Crippen LogP contribution >= 0.6 is 11.6 Å². The Balaban J connectivity index is 2.84. The van der Waals surface area contributed by atoms with Gasteiger partial charge >= 0.3 is 0 Å². The van der Waals surface area contributed by atoms with Crippen LogP contribution in [0.1, 0.15) is 30.1 Å². The maximum Gasteiger partial charge on any atom is 0.255 e. The summed E-state index contributed by atoms with van der Waals surface area (Å²) in [6.45, 7) is 2.83. The predicted octanol–water partition coefficient (Wildman–Crippen LogP) is 2.79. The Morgan fingerprint density at radius 1 is 1.50 bits per heavy atom. The number of amides is 1. The van der Waals surface area contributed by atoms with Crippen LogP contribution in [0.15, 0.2) is 18.2 Å². The number of anilines is 1. The van der Waals surface area contributed by atoms with Crippen LogP contribution in [0.4, 0.5) is 5.69 Å². The van der Waals surface area contributed by atoms with Gasteiger partial charge in [0.25, 0.3) is 5.91 Å². The van der Waals surface area contributed by atoms with Crippen LogP contribution in [0, 0.1) is 0 Å². The van der Waals surface area contributed by atoms with Crippen molar-refractivity contribution in [3.63, 3.8) is 0 Å². The Morgan fingerprint density at radius 2 is 2.19 bits per heavy atom. The molecular weight excluding hydrogens is 224 g/mol. The van der Waals surface area contributed by atoms with Gasteiger partial charge < -0.3 is 10.6 Å². The Labute approximate surface area is 101 Å². The molecule has 2 N–H and O–H groups in total. The van der Waals surface area contributed by atoms with Gasteiger partial charge in [-0.3, -0.25) is 4.79 Å². The number of carbonyl (C=O) groups is 1. The summed E-state index contributed by atoms with van der Waals surface area (Å²) in [6.07, 6.45) is 2.05. The summed E-state index contributed by atoms with van der Waals surface area (Å²) < 4.78 is 0. The molecule has 88 valence electrons. The van der Waals surface area contributed by atoms with Gasteiger partial charge in [0.05, 0.1) is 16.3 Å². The van der Waals surface area contributed by atoms with Crippen LogP contribution in [0.2, 0.25) is 5.02 Å². The minimum Gasteiger partial charge on any atom is -0.397 e. The number of benzene rings is 1. The molecule has 0 spiro atoms. The van der Waals surface area contributed by atoms with E-state index in [1.54, 1.807) is 30.1 Å². The van der Waals surface area contributed by atoms with Gasteiger partial charge in [0.1, 0.15) is 0 Å². The quantitative estimate of drug-likeness (QED) is 0.823. The van der Waals surface area contributed by atoms with Crippen LogP contribution in [0.25, 0.3) is 0 Å². The SMILES string of the molecule is CCCCN(C)C(=O)c1cccc(Cl)c1N. The molecule has 0 heterocycles. The summed E-state index contributed by atoms with van der Waals surface area (Å²) in [6, 6.07) is 5.12. The molecule has 1 amide bonds. The second kappa shape index (κ2) is 5.75. The molecule has 4 heteroatoms. The lowest BCUT2D eigenvalue weighted by Crippen LogP contribution is -2.28. The van der Waals surface area contributed by atoms with Gasteiger partial charge in [-0.15, -0.1) is 0 Å². The number of unbranched alkanes of at least 4 members (excludes halogenated alkanes) is 1. The zero-order valence-electron chi connectivity index (χ0n) is 9.66. The Morgan fingerprint density at radius 3 is 2.81 bits per heavy atom. The van der Waals surface area contributed by atoms with Gasteiger partial charge in [-0.05, 0) is 18.6 Å². The third-order valence-corrected chi connectivity index (χ3v) is 2.81. The number of hydrogen-bond acceptors (Lipinski definition) is 2. The fraction of sp³-hybridized carbons (Fsp3) is 0.417. The lowest BCUT2D eigenvalue weighted by molar-refractivity contribution is 0.0794. The molecule has 0 atom stereocenters. The number of nitrogen functional groups attached to an aromatic ring is 1. The molecule has 16 heavy (non-hydrogen) atoms. The van der Waals surface area contributed by atoms with Crippen LogP contribution in [-0.2, 0) is 0 Å². The largest absolute Gasteiger partial charge is 0.397 e. The first-order chi connectivity index (χ1) is 7.57. The molecule has 3 nitrogen and oxygen atoms in total. The van der Waals surface area contributed by atoms with Gasteiger partial charge in [-0.2, -0.15) is 0 Å². The van der Waals surface area contributed by atoms with Crippen molar-refractivity contribution in [3.05, 3.63) is 28.8 Å². The second-order valence-corrected chi connectivity index (χ2v) is 4.19. The predicted molar refractivity (Wildman–Crippen MR) is 67.7 cm³/mol. The van der Waals surface area contributed by atoms with Crippen molar-refractivity contribution in [2.24, 2.45) is 0 Å². The van der Waals surface area contributed by atoms with Gasteiger partial charge in [0, 0.05) is 13.6 Å².